The molecule has 1 unspecified atom stereocenters. The van der Waals surface area contributed by atoms with Gasteiger partial charge >= 0.3 is 11.9 Å². The maximum atomic E-state index is 12.9. The van der Waals surface area contributed by atoms with E-state index in [2.05, 4.69) is 0 Å². The van der Waals surface area contributed by atoms with E-state index in [-0.39, 0.29) is 18.8 Å². The smallest absolute Gasteiger partial charge is 0.337 e. The molecule has 0 aliphatic carbocycles. The predicted molar refractivity (Wildman–Crippen MR) is 113 cm³/mol. The first kappa shape index (κ1) is 24.1. The number of carbonyl (C=O) groups excluding carboxylic acids is 4. The number of aryl methyl sites for hydroxylation is 1. The predicted octanol–water partition coefficient (Wildman–Crippen LogP) is 3.47. The van der Waals surface area contributed by atoms with Crippen LogP contribution in [0.15, 0.2) is 53.8 Å². The Labute approximate surface area is 182 Å². The van der Waals surface area contributed by atoms with Crippen LogP contribution in [-0.2, 0) is 39.8 Å². The van der Waals surface area contributed by atoms with Crippen LogP contribution in [0.25, 0.3) is 0 Å². The number of ether oxygens (including phenoxy) is 3. The quantitative estimate of drug-likeness (QED) is 0.320. The van der Waals surface area contributed by atoms with Crippen molar-refractivity contribution in [1.82, 2.24) is 0 Å². The minimum atomic E-state index is -1.58. The number of allylic oxidation sites excluding steroid dienone is 2. The molecule has 7 heteroatoms. The molecule has 0 bridgehead atoms. The fourth-order valence-electron chi connectivity index (χ4n) is 3.00. The number of hydrogen-bond acceptors (Lipinski definition) is 7. The first-order valence-electron chi connectivity index (χ1n) is 10.1. The number of rotatable bonds is 10. The second-order valence-electron chi connectivity index (χ2n) is 7.97. The summed E-state index contributed by atoms with van der Waals surface area (Å²) < 4.78 is 15.6. The summed E-state index contributed by atoms with van der Waals surface area (Å²) in [5, 5.41) is 0. The number of benzene rings is 1. The number of hydrogen-bond donors (Lipinski definition) is 0. The third kappa shape index (κ3) is 7.85. The molecule has 31 heavy (non-hydrogen) atoms. The minimum absolute atomic E-state index is 0.00556. The fraction of sp³-hybridized carbons (Fsp3) is 0.417. The van der Waals surface area contributed by atoms with E-state index < -0.39 is 41.6 Å². The van der Waals surface area contributed by atoms with Crippen molar-refractivity contribution in [3.8, 4) is 0 Å². The molecule has 1 aliphatic heterocycles. The van der Waals surface area contributed by atoms with Crippen molar-refractivity contribution in [2.24, 2.45) is 5.92 Å². The van der Waals surface area contributed by atoms with Gasteiger partial charge < -0.3 is 14.2 Å². The Bertz CT molecular complexity index is 890. The molecule has 1 aromatic carbocycles. The Morgan fingerprint density at radius 2 is 1.74 bits per heavy atom. The summed E-state index contributed by atoms with van der Waals surface area (Å²) in [6.45, 7) is 6.71. The lowest BCUT2D eigenvalue weighted by Crippen LogP contribution is -2.37. The normalized spacial score (nSPS) is 15.6. The van der Waals surface area contributed by atoms with E-state index in [1.165, 1.54) is 13.8 Å². The van der Waals surface area contributed by atoms with E-state index in [0.29, 0.717) is 6.42 Å². The zero-order valence-corrected chi connectivity index (χ0v) is 18.3. The minimum Gasteiger partial charge on any atom is -0.461 e. The van der Waals surface area contributed by atoms with Gasteiger partial charge in [-0.15, -0.1) is 0 Å². The summed E-state index contributed by atoms with van der Waals surface area (Å²) in [6.07, 6.45) is 2.73. The first-order chi connectivity index (χ1) is 14.6. The van der Waals surface area contributed by atoms with Gasteiger partial charge in [-0.2, -0.15) is 0 Å². The van der Waals surface area contributed by atoms with Gasteiger partial charge in [-0.1, -0.05) is 35.9 Å². The van der Waals surface area contributed by atoms with Gasteiger partial charge in [0.15, 0.2) is 17.5 Å². The van der Waals surface area contributed by atoms with Gasteiger partial charge in [-0.25, -0.2) is 4.79 Å². The van der Waals surface area contributed by atoms with Crippen molar-refractivity contribution in [3.63, 3.8) is 0 Å². The van der Waals surface area contributed by atoms with Gasteiger partial charge in [-0.3, -0.25) is 14.4 Å². The van der Waals surface area contributed by atoms with Gasteiger partial charge in [-0.05, 0) is 31.9 Å². The molecule has 0 aromatic heterocycles. The second kappa shape index (κ2) is 10.7. The molecular weight excluding hydrogens is 400 g/mol. The summed E-state index contributed by atoms with van der Waals surface area (Å²) in [5.41, 5.74) is 1.86. The maximum absolute atomic E-state index is 12.9. The second-order valence-corrected chi connectivity index (χ2v) is 7.97. The number of carbonyl (C=O) groups is 4. The van der Waals surface area contributed by atoms with Crippen LogP contribution in [0.4, 0.5) is 0 Å². The summed E-state index contributed by atoms with van der Waals surface area (Å²) >= 11 is 0. The Kier molecular flexibility index (Phi) is 8.30. The van der Waals surface area contributed by atoms with Gasteiger partial charge in [0.2, 0.25) is 5.79 Å². The van der Waals surface area contributed by atoms with Crippen LogP contribution in [0, 0.1) is 5.92 Å². The molecular formula is C24H28O7. The Morgan fingerprint density at radius 3 is 2.35 bits per heavy atom. The van der Waals surface area contributed by atoms with E-state index in [1.54, 1.807) is 6.08 Å². The molecule has 0 amide bonds. The third-order valence-corrected chi connectivity index (χ3v) is 4.45. The van der Waals surface area contributed by atoms with Crippen molar-refractivity contribution >= 4 is 23.5 Å². The third-order valence-electron chi connectivity index (χ3n) is 4.45. The maximum Gasteiger partial charge on any atom is 0.337 e. The van der Waals surface area contributed by atoms with Crippen LogP contribution >= 0.6 is 0 Å². The average molecular weight is 428 g/mol. The van der Waals surface area contributed by atoms with Crippen molar-refractivity contribution in [2.45, 2.75) is 52.7 Å². The Hall–Kier alpha value is -3.22. The van der Waals surface area contributed by atoms with E-state index in [4.69, 9.17) is 14.2 Å². The number of Topliss-reactive ketones (excluding diaryl/α,β-unsaturated/α-hetero) is 2. The molecule has 0 spiro atoms. The molecule has 1 atom stereocenters. The van der Waals surface area contributed by atoms with Gasteiger partial charge in [0.05, 0.1) is 12.5 Å². The van der Waals surface area contributed by atoms with Crippen molar-refractivity contribution < 1.29 is 33.4 Å². The largest absolute Gasteiger partial charge is 0.461 e. The summed E-state index contributed by atoms with van der Waals surface area (Å²) in [6, 6.07) is 9.30. The zero-order chi connectivity index (χ0) is 23.0. The van der Waals surface area contributed by atoms with E-state index in [0.717, 1.165) is 17.2 Å². The SMILES string of the molecule is CC(C)=CCOC(=O)C(C(=O)CCc1ccccc1)C(=O)CC1=CC(=O)OC(C)(C)O1. The van der Waals surface area contributed by atoms with Crippen LogP contribution in [0.3, 0.4) is 0 Å². The highest BCUT2D eigenvalue weighted by Crippen LogP contribution is 2.25. The Balaban J connectivity index is 2.14. The average Bonchev–Trinajstić information content (AvgIpc) is 2.65. The van der Waals surface area contributed by atoms with Crippen LogP contribution < -0.4 is 0 Å². The zero-order valence-electron chi connectivity index (χ0n) is 18.3. The Morgan fingerprint density at radius 1 is 1.06 bits per heavy atom. The van der Waals surface area contributed by atoms with Crippen molar-refractivity contribution in [1.29, 1.82) is 0 Å². The summed E-state index contributed by atoms with van der Waals surface area (Å²) in [5.74, 6) is -5.55. The molecule has 0 saturated heterocycles. The highest BCUT2D eigenvalue weighted by atomic mass is 16.7. The molecule has 7 nitrogen and oxygen atoms in total. The molecule has 166 valence electrons. The topological polar surface area (TPSA) is 96.0 Å². The number of ketones is 2. The highest BCUT2D eigenvalue weighted by molar-refractivity contribution is 6.17. The van der Waals surface area contributed by atoms with Crippen LogP contribution in [0.5, 0.6) is 0 Å². The molecule has 0 radical (unpaired) electrons. The van der Waals surface area contributed by atoms with E-state index in [9.17, 15) is 19.2 Å². The molecule has 1 aliphatic rings. The molecule has 0 N–H and O–H groups in total. The van der Waals surface area contributed by atoms with Crippen molar-refractivity contribution in [3.05, 3.63) is 59.4 Å². The standard InChI is InChI=1S/C24H28O7/c1-16(2)12-13-29-23(28)22(19(25)11-10-17-8-6-5-7-9-17)20(26)14-18-15-21(27)31-24(3,4)30-18/h5-9,12,15,22H,10-11,13-14H2,1-4H3. The summed E-state index contributed by atoms with van der Waals surface area (Å²) in [4.78, 5) is 50.1. The van der Waals surface area contributed by atoms with Gasteiger partial charge in [0.1, 0.15) is 12.4 Å². The molecule has 2 rings (SSSR count). The van der Waals surface area contributed by atoms with E-state index in [1.807, 2.05) is 44.2 Å². The summed E-state index contributed by atoms with van der Waals surface area (Å²) in [7, 11) is 0. The monoisotopic (exact) mass is 428 g/mol. The number of cyclic esters (lactones) is 1. The number of esters is 2. The van der Waals surface area contributed by atoms with Crippen molar-refractivity contribution in [2.75, 3.05) is 6.61 Å². The van der Waals surface area contributed by atoms with Gasteiger partial charge in [0.25, 0.3) is 0 Å². The molecule has 1 heterocycles. The molecule has 0 fully saturated rings. The highest BCUT2D eigenvalue weighted by Gasteiger charge is 2.37. The first-order valence-corrected chi connectivity index (χ1v) is 10.1. The van der Waals surface area contributed by atoms with Crippen LogP contribution in [-0.4, -0.2) is 35.9 Å². The molecule has 1 aromatic rings. The van der Waals surface area contributed by atoms with Gasteiger partial charge in [0, 0.05) is 20.3 Å². The van der Waals surface area contributed by atoms with Crippen LogP contribution in [0.2, 0.25) is 0 Å². The van der Waals surface area contributed by atoms with Crippen LogP contribution in [0.1, 0.15) is 46.1 Å². The van der Waals surface area contributed by atoms with E-state index >= 15 is 0 Å². The molecule has 0 saturated carbocycles. The lowest BCUT2D eigenvalue weighted by Gasteiger charge is -2.30. The fourth-order valence-corrected chi connectivity index (χ4v) is 3.00. The lowest BCUT2D eigenvalue weighted by atomic mass is 9.92. The lowest BCUT2D eigenvalue weighted by molar-refractivity contribution is -0.205.